The fraction of sp³-hybridized carbons (Fsp3) is 0.158. The molecule has 1 N–H and O–H groups in total. The molecule has 4 nitrogen and oxygen atoms in total. The number of amides is 1. The second-order valence-corrected chi connectivity index (χ2v) is 7.06. The van der Waals surface area contributed by atoms with E-state index in [1.807, 2.05) is 28.8 Å². The van der Waals surface area contributed by atoms with E-state index in [1.165, 1.54) is 11.8 Å². The maximum Gasteiger partial charge on any atom is 0.237 e. The molecule has 0 aliphatic heterocycles. The fourth-order valence-corrected chi connectivity index (χ4v) is 3.45. The lowest BCUT2D eigenvalue weighted by Gasteiger charge is -2.13. The summed E-state index contributed by atoms with van der Waals surface area (Å²) in [7, 11) is 0. The van der Waals surface area contributed by atoms with E-state index in [-0.39, 0.29) is 0 Å². The third-order valence-corrected chi connectivity index (χ3v) is 4.97. The molecule has 0 saturated carbocycles. The minimum Gasteiger partial charge on any atom is -0.323 e. The lowest BCUT2D eigenvalue weighted by atomic mass is 10.2. The maximum absolute atomic E-state index is 13.8. The van der Waals surface area contributed by atoms with Crippen LogP contribution in [0.3, 0.4) is 0 Å². The average Bonchev–Trinajstić information content (AvgIpc) is 3.00. The van der Waals surface area contributed by atoms with Crippen molar-refractivity contribution in [3.63, 3.8) is 0 Å². The van der Waals surface area contributed by atoms with E-state index < -0.39 is 34.3 Å². The summed E-state index contributed by atoms with van der Waals surface area (Å²) < 4.78 is 42.0. The molecular weight excluding hydrogens is 375 g/mol. The van der Waals surface area contributed by atoms with E-state index >= 15 is 0 Å². The van der Waals surface area contributed by atoms with E-state index in [4.69, 9.17) is 0 Å². The van der Waals surface area contributed by atoms with Crippen molar-refractivity contribution in [1.29, 1.82) is 0 Å². The van der Waals surface area contributed by atoms with E-state index in [2.05, 4.69) is 16.9 Å². The van der Waals surface area contributed by atoms with Gasteiger partial charge in [0, 0.05) is 6.54 Å². The molecule has 0 fully saturated rings. The molecule has 0 aliphatic rings. The molecule has 0 saturated heterocycles. The number of allylic oxidation sites excluding steroid dienone is 1. The average molecular weight is 391 g/mol. The van der Waals surface area contributed by atoms with Crippen molar-refractivity contribution < 1.29 is 18.0 Å². The molecule has 27 heavy (non-hydrogen) atoms. The number of nitrogens with one attached hydrogen (secondary N) is 1. The zero-order valence-electron chi connectivity index (χ0n) is 14.4. The first-order valence-corrected chi connectivity index (χ1v) is 8.97. The molecule has 1 heterocycles. The third kappa shape index (κ3) is 3.85. The van der Waals surface area contributed by atoms with Crippen LogP contribution in [0.5, 0.6) is 0 Å². The lowest BCUT2D eigenvalue weighted by molar-refractivity contribution is -0.115. The van der Waals surface area contributed by atoms with Crippen LogP contribution in [0.4, 0.5) is 18.9 Å². The molecule has 0 unspecified atom stereocenters. The summed E-state index contributed by atoms with van der Waals surface area (Å²) in [6.45, 7) is 5.86. The van der Waals surface area contributed by atoms with Crippen molar-refractivity contribution in [2.75, 3.05) is 5.32 Å². The molecule has 1 atom stereocenters. The number of halogens is 3. The van der Waals surface area contributed by atoms with Gasteiger partial charge in [-0.1, -0.05) is 30.0 Å². The Morgan fingerprint density at radius 3 is 2.74 bits per heavy atom. The third-order valence-electron chi connectivity index (χ3n) is 3.88. The zero-order valence-corrected chi connectivity index (χ0v) is 15.2. The first-order valence-electron chi connectivity index (χ1n) is 8.09. The van der Waals surface area contributed by atoms with Crippen molar-refractivity contribution in [3.05, 3.63) is 66.5 Å². The van der Waals surface area contributed by atoms with E-state index in [0.717, 1.165) is 23.2 Å². The summed E-state index contributed by atoms with van der Waals surface area (Å²) in [5.41, 5.74) is 1.27. The molecule has 3 aromatic rings. The Bertz CT molecular complexity index is 1020. The van der Waals surface area contributed by atoms with E-state index in [1.54, 1.807) is 13.0 Å². The second kappa shape index (κ2) is 7.87. The van der Waals surface area contributed by atoms with Crippen LogP contribution in [0.1, 0.15) is 6.92 Å². The molecule has 1 amide bonds. The molecule has 2 aromatic carbocycles. The molecule has 0 spiro atoms. The molecule has 0 aliphatic carbocycles. The number of para-hydroxylation sites is 2. The van der Waals surface area contributed by atoms with Gasteiger partial charge in [0.1, 0.15) is 0 Å². The van der Waals surface area contributed by atoms with Gasteiger partial charge >= 0.3 is 0 Å². The summed E-state index contributed by atoms with van der Waals surface area (Å²) in [5, 5.41) is 2.23. The van der Waals surface area contributed by atoms with Crippen LogP contribution >= 0.6 is 11.8 Å². The highest BCUT2D eigenvalue weighted by molar-refractivity contribution is 8.00. The molecule has 1 aromatic heterocycles. The largest absolute Gasteiger partial charge is 0.323 e. The van der Waals surface area contributed by atoms with Gasteiger partial charge in [0.15, 0.2) is 22.6 Å². The zero-order chi connectivity index (χ0) is 19.6. The number of anilines is 1. The van der Waals surface area contributed by atoms with Crippen LogP contribution in [-0.4, -0.2) is 20.7 Å². The highest BCUT2D eigenvalue weighted by Gasteiger charge is 2.21. The van der Waals surface area contributed by atoms with Crippen LogP contribution < -0.4 is 5.32 Å². The minimum atomic E-state index is -1.62. The van der Waals surface area contributed by atoms with Gasteiger partial charge in [-0.3, -0.25) is 4.79 Å². The Balaban J connectivity index is 1.81. The van der Waals surface area contributed by atoms with Crippen molar-refractivity contribution in [2.24, 2.45) is 0 Å². The van der Waals surface area contributed by atoms with Gasteiger partial charge in [-0.2, -0.15) is 0 Å². The topological polar surface area (TPSA) is 46.9 Å². The number of hydrogen-bond acceptors (Lipinski definition) is 3. The summed E-state index contributed by atoms with van der Waals surface area (Å²) in [6, 6.07) is 9.27. The van der Waals surface area contributed by atoms with Crippen molar-refractivity contribution >= 4 is 34.4 Å². The van der Waals surface area contributed by atoms with E-state index in [9.17, 15) is 18.0 Å². The standard InChI is InChI=1S/C19H16F3N3OS/c1-3-10-25-15-7-5-4-6-13(15)24-19(25)27-11(2)18(26)23-14-9-8-12(20)16(21)17(14)22/h3-9,11H,1,10H2,2H3,(H,23,26)/t11-/m1/s1. The summed E-state index contributed by atoms with van der Waals surface area (Å²) in [5.74, 6) is -4.92. The molecule has 140 valence electrons. The van der Waals surface area contributed by atoms with Crippen LogP contribution in [0.25, 0.3) is 11.0 Å². The SMILES string of the molecule is C=CCn1c(S[C@H](C)C(=O)Nc2ccc(F)c(F)c2F)nc2ccccc21. The number of imidazole rings is 1. The smallest absolute Gasteiger partial charge is 0.237 e. The summed E-state index contributed by atoms with van der Waals surface area (Å²) in [6.07, 6.45) is 1.72. The molecule has 8 heteroatoms. The number of carbonyl (C=O) groups is 1. The molecular formula is C19H16F3N3OS. The Morgan fingerprint density at radius 2 is 2.00 bits per heavy atom. The van der Waals surface area contributed by atoms with Crippen LogP contribution in [0, 0.1) is 17.5 Å². The van der Waals surface area contributed by atoms with Gasteiger partial charge in [0.05, 0.1) is 22.0 Å². The van der Waals surface area contributed by atoms with Gasteiger partial charge in [-0.15, -0.1) is 6.58 Å². The Labute approximate surface area is 158 Å². The molecule has 3 rings (SSSR count). The number of carbonyl (C=O) groups excluding carboxylic acids is 1. The van der Waals surface area contributed by atoms with Gasteiger partial charge in [0.25, 0.3) is 0 Å². The predicted molar refractivity (Wildman–Crippen MR) is 100 cm³/mol. The van der Waals surface area contributed by atoms with Crippen molar-refractivity contribution in [2.45, 2.75) is 23.9 Å². The Kier molecular flexibility index (Phi) is 5.55. The Morgan fingerprint density at radius 1 is 1.26 bits per heavy atom. The van der Waals surface area contributed by atoms with Crippen molar-refractivity contribution in [1.82, 2.24) is 9.55 Å². The Hall–Kier alpha value is -2.74. The summed E-state index contributed by atoms with van der Waals surface area (Å²) >= 11 is 1.18. The summed E-state index contributed by atoms with van der Waals surface area (Å²) in [4.78, 5) is 16.9. The number of nitrogens with zero attached hydrogens (tertiary/aromatic N) is 2. The first-order chi connectivity index (χ1) is 12.9. The lowest BCUT2D eigenvalue weighted by Crippen LogP contribution is -2.23. The number of benzene rings is 2. The monoisotopic (exact) mass is 391 g/mol. The van der Waals surface area contributed by atoms with Gasteiger partial charge in [0.2, 0.25) is 5.91 Å². The number of hydrogen-bond donors (Lipinski definition) is 1. The molecule has 0 bridgehead atoms. The second-order valence-electron chi connectivity index (χ2n) is 5.75. The maximum atomic E-state index is 13.8. The number of fused-ring (bicyclic) bond motifs is 1. The minimum absolute atomic E-state index is 0.411. The van der Waals surface area contributed by atoms with E-state index in [0.29, 0.717) is 11.7 Å². The van der Waals surface area contributed by atoms with Gasteiger partial charge in [-0.05, 0) is 31.2 Å². The fourth-order valence-electron chi connectivity index (χ4n) is 2.52. The molecule has 0 radical (unpaired) electrons. The first kappa shape index (κ1) is 19.0. The predicted octanol–water partition coefficient (Wildman–Crippen LogP) is 4.76. The number of rotatable bonds is 6. The quantitative estimate of drug-likeness (QED) is 0.374. The van der Waals surface area contributed by atoms with Crippen LogP contribution in [0.15, 0.2) is 54.2 Å². The van der Waals surface area contributed by atoms with Gasteiger partial charge in [-0.25, -0.2) is 18.2 Å². The highest BCUT2D eigenvalue weighted by Crippen LogP contribution is 2.28. The van der Waals surface area contributed by atoms with Crippen LogP contribution in [0.2, 0.25) is 0 Å². The number of aromatic nitrogens is 2. The van der Waals surface area contributed by atoms with Crippen LogP contribution in [-0.2, 0) is 11.3 Å². The normalized spacial score (nSPS) is 12.1. The van der Waals surface area contributed by atoms with Crippen molar-refractivity contribution in [3.8, 4) is 0 Å². The van der Waals surface area contributed by atoms with Gasteiger partial charge < -0.3 is 9.88 Å². The highest BCUT2D eigenvalue weighted by atomic mass is 32.2. The number of thioether (sulfide) groups is 1.